The molecule has 1 saturated heterocycles. The van der Waals surface area contributed by atoms with Crippen molar-refractivity contribution in [3.05, 3.63) is 12.2 Å². The summed E-state index contributed by atoms with van der Waals surface area (Å²) in [6.45, 7) is 9.35. The Labute approximate surface area is 159 Å². The van der Waals surface area contributed by atoms with E-state index in [-0.39, 0.29) is 29.7 Å². The van der Waals surface area contributed by atoms with E-state index in [9.17, 15) is 14.4 Å². The van der Waals surface area contributed by atoms with Crippen molar-refractivity contribution in [1.82, 2.24) is 0 Å². The number of carbonyl (C=O) groups excluding carboxylic acids is 3. The van der Waals surface area contributed by atoms with E-state index in [1.807, 2.05) is 0 Å². The largest absolute Gasteiger partial charge is 0.459 e. The summed E-state index contributed by atoms with van der Waals surface area (Å²) in [5.74, 6) is -2.29. The zero-order chi connectivity index (χ0) is 19.5. The SMILES string of the molecule is C=C(C)C(=O)OC1C2CC3C1OC(=O)C3C2C(=O)OC1(C(C)C)CCCC1. The first-order valence-corrected chi connectivity index (χ1v) is 10.0. The number of ether oxygens (including phenoxy) is 3. The molecule has 2 bridgehead atoms. The van der Waals surface area contributed by atoms with Crippen molar-refractivity contribution in [2.75, 3.05) is 0 Å². The first-order valence-electron chi connectivity index (χ1n) is 10.0. The molecule has 0 amide bonds. The second kappa shape index (κ2) is 6.35. The van der Waals surface area contributed by atoms with Gasteiger partial charge in [-0.1, -0.05) is 20.4 Å². The van der Waals surface area contributed by atoms with Crippen molar-refractivity contribution >= 4 is 17.9 Å². The third-order valence-corrected chi connectivity index (χ3v) is 7.22. The first-order chi connectivity index (χ1) is 12.7. The zero-order valence-corrected chi connectivity index (χ0v) is 16.2. The van der Waals surface area contributed by atoms with Crippen molar-refractivity contribution in [1.29, 1.82) is 0 Å². The van der Waals surface area contributed by atoms with Gasteiger partial charge in [0.1, 0.15) is 17.8 Å². The molecule has 6 nitrogen and oxygen atoms in total. The standard InChI is InChI=1S/C21H28O6/c1-10(2)18(22)25-16-13-9-12-14(19(23)26-17(12)16)15(13)20(24)27-21(11(3)4)7-5-6-8-21/h11-17H,1,5-9H2,2-4H3. The first kappa shape index (κ1) is 18.5. The van der Waals surface area contributed by atoms with E-state index in [2.05, 4.69) is 20.4 Å². The van der Waals surface area contributed by atoms with Crippen LogP contribution in [0.1, 0.15) is 52.9 Å². The van der Waals surface area contributed by atoms with E-state index in [1.165, 1.54) is 0 Å². The van der Waals surface area contributed by atoms with E-state index in [0.29, 0.717) is 12.0 Å². The van der Waals surface area contributed by atoms with Gasteiger partial charge in [0, 0.05) is 17.4 Å². The van der Waals surface area contributed by atoms with Gasteiger partial charge in [0.05, 0.1) is 11.8 Å². The summed E-state index contributed by atoms with van der Waals surface area (Å²) in [5, 5.41) is 0. The number of fused-ring (bicyclic) bond motifs is 1. The molecule has 4 aliphatic rings. The second-order valence-corrected chi connectivity index (χ2v) is 9.01. The maximum Gasteiger partial charge on any atom is 0.333 e. The fourth-order valence-electron chi connectivity index (χ4n) is 5.73. The molecule has 0 N–H and O–H groups in total. The molecule has 6 heteroatoms. The maximum absolute atomic E-state index is 13.2. The van der Waals surface area contributed by atoms with Gasteiger partial charge in [0.25, 0.3) is 0 Å². The highest BCUT2D eigenvalue weighted by Gasteiger charge is 2.70. The van der Waals surface area contributed by atoms with Crippen LogP contribution in [-0.2, 0) is 28.6 Å². The molecule has 6 atom stereocenters. The van der Waals surface area contributed by atoms with Gasteiger partial charge in [-0.15, -0.1) is 0 Å². The van der Waals surface area contributed by atoms with Crippen LogP contribution < -0.4 is 0 Å². The van der Waals surface area contributed by atoms with Gasteiger partial charge in [-0.2, -0.15) is 0 Å². The van der Waals surface area contributed by atoms with Crippen molar-refractivity contribution < 1.29 is 28.6 Å². The van der Waals surface area contributed by atoms with Gasteiger partial charge >= 0.3 is 17.9 Å². The average Bonchev–Trinajstić information content (AvgIpc) is 3.32. The molecule has 4 rings (SSSR count). The van der Waals surface area contributed by atoms with Crippen LogP contribution >= 0.6 is 0 Å². The maximum atomic E-state index is 13.2. The van der Waals surface area contributed by atoms with Crippen LogP contribution in [-0.4, -0.2) is 35.7 Å². The van der Waals surface area contributed by atoms with E-state index in [4.69, 9.17) is 14.2 Å². The molecule has 0 aromatic rings. The van der Waals surface area contributed by atoms with Crippen molar-refractivity contribution in [3.8, 4) is 0 Å². The Bertz CT molecular complexity index is 689. The minimum absolute atomic E-state index is 0.0680. The van der Waals surface area contributed by atoms with Gasteiger partial charge < -0.3 is 14.2 Å². The summed E-state index contributed by atoms with van der Waals surface area (Å²) in [7, 11) is 0. The lowest BCUT2D eigenvalue weighted by molar-refractivity contribution is -0.178. The lowest BCUT2D eigenvalue weighted by Crippen LogP contribution is -2.47. The second-order valence-electron chi connectivity index (χ2n) is 9.01. The van der Waals surface area contributed by atoms with Crippen LogP contribution in [0.5, 0.6) is 0 Å². The molecular weight excluding hydrogens is 348 g/mol. The van der Waals surface area contributed by atoms with Crippen LogP contribution in [0, 0.1) is 29.6 Å². The Morgan fingerprint density at radius 1 is 1.22 bits per heavy atom. The Balaban J connectivity index is 1.57. The Morgan fingerprint density at radius 2 is 1.89 bits per heavy atom. The highest BCUT2D eigenvalue weighted by atomic mass is 16.6. The van der Waals surface area contributed by atoms with Crippen LogP contribution in [0.2, 0.25) is 0 Å². The molecule has 27 heavy (non-hydrogen) atoms. The van der Waals surface area contributed by atoms with Crippen LogP contribution in [0.4, 0.5) is 0 Å². The number of carbonyl (C=O) groups is 3. The summed E-state index contributed by atoms with van der Waals surface area (Å²) < 4.78 is 17.2. The summed E-state index contributed by atoms with van der Waals surface area (Å²) >= 11 is 0. The lowest BCUT2D eigenvalue weighted by Gasteiger charge is -2.37. The molecule has 6 unspecified atom stereocenters. The lowest BCUT2D eigenvalue weighted by atomic mass is 9.78. The topological polar surface area (TPSA) is 78.9 Å². The number of esters is 3. The van der Waals surface area contributed by atoms with Gasteiger partial charge in [0.15, 0.2) is 0 Å². The number of hydrogen-bond donors (Lipinski definition) is 0. The third kappa shape index (κ3) is 2.71. The van der Waals surface area contributed by atoms with Crippen LogP contribution in [0.3, 0.4) is 0 Å². The van der Waals surface area contributed by atoms with Crippen molar-refractivity contribution in [2.45, 2.75) is 70.7 Å². The molecule has 148 valence electrons. The van der Waals surface area contributed by atoms with E-state index in [1.54, 1.807) is 6.92 Å². The minimum atomic E-state index is -0.585. The highest BCUT2D eigenvalue weighted by molar-refractivity contribution is 5.88. The Morgan fingerprint density at radius 3 is 2.48 bits per heavy atom. The molecular formula is C21H28O6. The quantitative estimate of drug-likeness (QED) is 0.417. The summed E-state index contributed by atoms with van der Waals surface area (Å²) in [5.41, 5.74) is -0.146. The Kier molecular flexibility index (Phi) is 4.35. The predicted molar refractivity (Wildman–Crippen MR) is 95.3 cm³/mol. The zero-order valence-electron chi connectivity index (χ0n) is 16.2. The van der Waals surface area contributed by atoms with Crippen molar-refractivity contribution in [2.24, 2.45) is 29.6 Å². The minimum Gasteiger partial charge on any atom is -0.459 e. The molecule has 0 aromatic heterocycles. The summed E-state index contributed by atoms with van der Waals surface area (Å²) in [6.07, 6.45) is 3.46. The van der Waals surface area contributed by atoms with E-state index < -0.39 is 35.6 Å². The fraction of sp³-hybridized carbons (Fsp3) is 0.762. The monoisotopic (exact) mass is 376 g/mol. The summed E-state index contributed by atoms with van der Waals surface area (Å²) in [6, 6.07) is 0. The fourth-order valence-corrected chi connectivity index (χ4v) is 5.73. The van der Waals surface area contributed by atoms with Gasteiger partial charge in [-0.25, -0.2) is 4.79 Å². The molecule has 3 saturated carbocycles. The molecule has 1 aliphatic heterocycles. The van der Waals surface area contributed by atoms with Crippen molar-refractivity contribution in [3.63, 3.8) is 0 Å². The van der Waals surface area contributed by atoms with Crippen LogP contribution in [0.15, 0.2) is 12.2 Å². The van der Waals surface area contributed by atoms with Crippen LogP contribution in [0.25, 0.3) is 0 Å². The van der Waals surface area contributed by atoms with E-state index in [0.717, 1.165) is 25.7 Å². The molecule has 0 radical (unpaired) electrons. The molecule has 4 fully saturated rings. The number of rotatable bonds is 5. The van der Waals surface area contributed by atoms with Gasteiger partial charge in [-0.3, -0.25) is 9.59 Å². The third-order valence-electron chi connectivity index (χ3n) is 7.22. The molecule has 0 spiro atoms. The normalized spacial score (nSPS) is 38.1. The average molecular weight is 376 g/mol. The van der Waals surface area contributed by atoms with Gasteiger partial charge in [0.2, 0.25) is 0 Å². The molecule has 3 aliphatic carbocycles. The predicted octanol–water partition coefficient (Wildman–Crippen LogP) is 2.79. The highest BCUT2D eigenvalue weighted by Crippen LogP contribution is 2.59. The number of hydrogen-bond acceptors (Lipinski definition) is 6. The summed E-state index contributed by atoms with van der Waals surface area (Å²) in [4.78, 5) is 37.7. The van der Waals surface area contributed by atoms with Gasteiger partial charge in [-0.05, 0) is 44.9 Å². The molecule has 0 aromatic carbocycles. The van der Waals surface area contributed by atoms with E-state index >= 15 is 0 Å². The smallest absolute Gasteiger partial charge is 0.333 e. The molecule has 1 heterocycles. The Hall–Kier alpha value is -1.85.